The second kappa shape index (κ2) is 5.24. The van der Waals surface area contributed by atoms with E-state index in [1.54, 1.807) is 6.20 Å². The van der Waals surface area contributed by atoms with Crippen LogP contribution in [0.2, 0.25) is 0 Å². The minimum absolute atomic E-state index is 0.479. The topological polar surface area (TPSA) is 78.5 Å². The number of H-pyrrole nitrogens is 1. The molecule has 1 saturated carbocycles. The molecular formula is C12H18N6S. The van der Waals surface area contributed by atoms with Gasteiger partial charge < -0.3 is 10.6 Å². The van der Waals surface area contributed by atoms with Gasteiger partial charge in [-0.05, 0) is 19.1 Å². The molecule has 0 aromatic carbocycles. The number of fused-ring (bicyclic) bond motifs is 1. The van der Waals surface area contributed by atoms with E-state index in [1.165, 1.54) is 19.3 Å². The molecule has 0 amide bonds. The van der Waals surface area contributed by atoms with E-state index in [4.69, 9.17) is 0 Å². The zero-order valence-electron chi connectivity index (χ0n) is 11.1. The van der Waals surface area contributed by atoms with Gasteiger partial charge in [0.05, 0.1) is 11.6 Å². The number of aromatic amines is 1. The quantitative estimate of drug-likeness (QED) is 0.795. The van der Waals surface area contributed by atoms with Gasteiger partial charge in [-0.25, -0.2) is 0 Å². The average Bonchev–Trinajstić information content (AvgIpc) is 3.06. The van der Waals surface area contributed by atoms with Gasteiger partial charge in [0.1, 0.15) is 5.82 Å². The first-order valence-electron chi connectivity index (χ1n) is 6.50. The molecule has 0 spiro atoms. The fourth-order valence-electron chi connectivity index (χ4n) is 2.61. The summed E-state index contributed by atoms with van der Waals surface area (Å²) in [6.07, 6.45) is 7.71. The summed E-state index contributed by atoms with van der Waals surface area (Å²) in [7, 11) is 1.82. The standard InChI is InChI=1S/C12H18N6S/c1-13-12-16-10(7-6-14-18-11(7)17-12)15-8-4-3-5-9(8)19-2/h6,8-9H,3-5H2,1-2H3,(H3,13,14,15,16,17,18). The molecule has 3 rings (SSSR count). The number of anilines is 2. The molecule has 2 unspecified atom stereocenters. The van der Waals surface area contributed by atoms with E-state index in [1.807, 2.05) is 18.8 Å². The third-order valence-electron chi connectivity index (χ3n) is 3.61. The first-order valence-corrected chi connectivity index (χ1v) is 7.79. The molecule has 2 heterocycles. The van der Waals surface area contributed by atoms with Gasteiger partial charge >= 0.3 is 0 Å². The summed E-state index contributed by atoms with van der Waals surface area (Å²) in [4.78, 5) is 8.86. The lowest BCUT2D eigenvalue weighted by atomic mass is 10.2. The Morgan fingerprint density at radius 3 is 3.05 bits per heavy atom. The first-order chi connectivity index (χ1) is 9.31. The van der Waals surface area contributed by atoms with Crippen LogP contribution in [0.5, 0.6) is 0 Å². The summed E-state index contributed by atoms with van der Waals surface area (Å²) in [5, 5.41) is 15.1. The Hall–Kier alpha value is -1.50. The second-order valence-corrected chi connectivity index (χ2v) is 5.81. The van der Waals surface area contributed by atoms with Crippen LogP contribution >= 0.6 is 11.8 Å². The zero-order chi connectivity index (χ0) is 13.2. The monoisotopic (exact) mass is 278 g/mol. The number of hydrogen-bond donors (Lipinski definition) is 3. The molecule has 3 N–H and O–H groups in total. The second-order valence-electron chi connectivity index (χ2n) is 4.73. The van der Waals surface area contributed by atoms with E-state index in [0.29, 0.717) is 17.2 Å². The molecule has 6 nitrogen and oxygen atoms in total. The summed E-state index contributed by atoms with van der Waals surface area (Å²) in [6, 6.07) is 0.479. The van der Waals surface area contributed by atoms with Crippen molar-refractivity contribution in [1.82, 2.24) is 20.2 Å². The first kappa shape index (κ1) is 12.5. The number of hydrogen-bond acceptors (Lipinski definition) is 6. The largest absolute Gasteiger partial charge is 0.365 e. The number of nitrogens with one attached hydrogen (secondary N) is 3. The molecule has 2 aromatic rings. The van der Waals surface area contributed by atoms with Crippen LogP contribution in [0.15, 0.2) is 6.20 Å². The lowest BCUT2D eigenvalue weighted by Gasteiger charge is -2.20. The minimum Gasteiger partial charge on any atom is -0.365 e. The van der Waals surface area contributed by atoms with Crippen LogP contribution in [0.3, 0.4) is 0 Å². The third-order valence-corrected chi connectivity index (χ3v) is 4.78. The molecule has 1 fully saturated rings. The van der Waals surface area contributed by atoms with E-state index >= 15 is 0 Å². The molecule has 1 aliphatic carbocycles. The van der Waals surface area contributed by atoms with E-state index in [-0.39, 0.29) is 0 Å². The Labute approximate surface area is 116 Å². The van der Waals surface area contributed by atoms with Crippen molar-refractivity contribution in [2.24, 2.45) is 0 Å². The maximum atomic E-state index is 4.52. The molecule has 2 atom stereocenters. The average molecular weight is 278 g/mol. The van der Waals surface area contributed by atoms with E-state index in [2.05, 4.69) is 37.1 Å². The predicted octanol–water partition coefficient (Wildman–Crippen LogP) is 2.09. The fourth-order valence-corrected chi connectivity index (χ4v) is 3.54. The molecular weight excluding hydrogens is 260 g/mol. The van der Waals surface area contributed by atoms with Crippen LogP contribution < -0.4 is 10.6 Å². The van der Waals surface area contributed by atoms with Gasteiger partial charge in [0.25, 0.3) is 0 Å². The highest BCUT2D eigenvalue weighted by Gasteiger charge is 2.27. The van der Waals surface area contributed by atoms with Crippen molar-refractivity contribution in [3.05, 3.63) is 6.20 Å². The molecule has 0 bridgehead atoms. The van der Waals surface area contributed by atoms with E-state index < -0.39 is 0 Å². The lowest BCUT2D eigenvalue weighted by molar-refractivity contribution is 0.765. The van der Waals surface area contributed by atoms with Gasteiger partial charge in [0, 0.05) is 18.3 Å². The van der Waals surface area contributed by atoms with Crippen LogP contribution in [0.1, 0.15) is 19.3 Å². The van der Waals surface area contributed by atoms with Crippen LogP contribution in [0.25, 0.3) is 11.0 Å². The van der Waals surface area contributed by atoms with Gasteiger partial charge in [-0.3, -0.25) is 5.10 Å². The highest BCUT2D eigenvalue weighted by Crippen LogP contribution is 2.32. The Bertz CT molecular complexity index is 568. The Morgan fingerprint density at radius 1 is 1.37 bits per heavy atom. The normalized spacial score (nSPS) is 22.8. The van der Waals surface area contributed by atoms with Crippen molar-refractivity contribution in [2.45, 2.75) is 30.6 Å². The van der Waals surface area contributed by atoms with Gasteiger partial charge in [-0.1, -0.05) is 6.42 Å². The van der Waals surface area contributed by atoms with Crippen LogP contribution in [0, 0.1) is 0 Å². The van der Waals surface area contributed by atoms with E-state index in [9.17, 15) is 0 Å². The van der Waals surface area contributed by atoms with Crippen LogP contribution in [0.4, 0.5) is 11.8 Å². The van der Waals surface area contributed by atoms with Crippen LogP contribution in [-0.2, 0) is 0 Å². The number of thioether (sulfide) groups is 1. The van der Waals surface area contributed by atoms with Crippen molar-refractivity contribution < 1.29 is 0 Å². The zero-order valence-corrected chi connectivity index (χ0v) is 11.9. The molecule has 0 aliphatic heterocycles. The molecule has 2 aromatic heterocycles. The van der Waals surface area contributed by atoms with Gasteiger partial charge in [-0.2, -0.15) is 26.8 Å². The van der Waals surface area contributed by atoms with Crippen molar-refractivity contribution >= 4 is 34.6 Å². The van der Waals surface area contributed by atoms with Gasteiger partial charge in [0.15, 0.2) is 5.65 Å². The minimum atomic E-state index is 0.479. The molecule has 1 aliphatic rings. The summed E-state index contributed by atoms with van der Waals surface area (Å²) in [6.45, 7) is 0. The fraction of sp³-hybridized carbons (Fsp3) is 0.583. The summed E-state index contributed by atoms with van der Waals surface area (Å²) in [5.41, 5.74) is 0.764. The SMILES string of the molecule is CNc1nc(NC2CCCC2SC)c2cn[nH]c2n1. The highest BCUT2D eigenvalue weighted by molar-refractivity contribution is 7.99. The molecule has 7 heteroatoms. The number of aromatic nitrogens is 4. The lowest BCUT2D eigenvalue weighted by Crippen LogP contribution is -2.26. The Morgan fingerprint density at radius 2 is 2.26 bits per heavy atom. The van der Waals surface area contributed by atoms with Crippen LogP contribution in [-0.4, -0.2) is 44.8 Å². The number of nitrogens with zero attached hydrogens (tertiary/aromatic N) is 3. The van der Waals surface area contributed by atoms with Crippen molar-refractivity contribution in [1.29, 1.82) is 0 Å². The summed E-state index contributed by atoms with van der Waals surface area (Å²) in [5.74, 6) is 1.48. The molecule has 19 heavy (non-hydrogen) atoms. The molecule has 102 valence electrons. The molecule has 0 saturated heterocycles. The van der Waals surface area contributed by atoms with Gasteiger partial charge in [-0.15, -0.1) is 0 Å². The van der Waals surface area contributed by atoms with Crippen molar-refractivity contribution in [2.75, 3.05) is 23.9 Å². The van der Waals surface area contributed by atoms with Crippen molar-refractivity contribution in [3.8, 4) is 0 Å². The van der Waals surface area contributed by atoms with Crippen molar-refractivity contribution in [3.63, 3.8) is 0 Å². The Kier molecular flexibility index (Phi) is 3.46. The van der Waals surface area contributed by atoms with E-state index in [0.717, 1.165) is 16.9 Å². The third kappa shape index (κ3) is 2.34. The number of rotatable bonds is 4. The highest BCUT2D eigenvalue weighted by atomic mass is 32.2. The Balaban J connectivity index is 1.92. The maximum Gasteiger partial charge on any atom is 0.226 e. The molecule has 0 radical (unpaired) electrons. The summed E-state index contributed by atoms with van der Waals surface area (Å²) < 4.78 is 0. The smallest absolute Gasteiger partial charge is 0.226 e. The maximum absolute atomic E-state index is 4.52. The predicted molar refractivity (Wildman–Crippen MR) is 79.8 cm³/mol. The summed E-state index contributed by atoms with van der Waals surface area (Å²) >= 11 is 1.93. The van der Waals surface area contributed by atoms with Gasteiger partial charge in [0.2, 0.25) is 5.95 Å².